The maximum atomic E-state index is 11.4. The van der Waals surface area contributed by atoms with Crippen molar-refractivity contribution in [2.24, 2.45) is 0 Å². The van der Waals surface area contributed by atoms with Crippen LogP contribution in [0.3, 0.4) is 0 Å². The number of hydrogen-bond donors (Lipinski definition) is 1. The highest BCUT2D eigenvalue weighted by molar-refractivity contribution is 5.79. The normalized spacial score (nSPS) is 14.4. The minimum absolute atomic E-state index is 0.440. The third-order valence-corrected chi connectivity index (χ3v) is 3.06. The van der Waals surface area contributed by atoms with Gasteiger partial charge in [0, 0.05) is 6.61 Å². The Morgan fingerprint density at radius 3 is 2.47 bits per heavy atom. The summed E-state index contributed by atoms with van der Waals surface area (Å²) in [6, 6.07) is 5.65. The van der Waals surface area contributed by atoms with Crippen LogP contribution in [0.25, 0.3) is 0 Å². The summed E-state index contributed by atoms with van der Waals surface area (Å²) in [5.74, 6) is -0.950. The second-order valence-corrected chi connectivity index (χ2v) is 4.49. The number of aliphatic carboxylic acids is 1. The molecule has 1 aromatic rings. The van der Waals surface area contributed by atoms with Crippen molar-refractivity contribution in [3.8, 4) is 0 Å². The minimum atomic E-state index is -1.26. The second kappa shape index (κ2) is 5.32. The van der Waals surface area contributed by atoms with Gasteiger partial charge in [-0.15, -0.1) is 0 Å². The van der Waals surface area contributed by atoms with Crippen molar-refractivity contribution in [1.29, 1.82) is 0 Å². The van der Waals surface area contributed by atoms with Crippen molar-refractivity contribution in [2.75, 3.05) is 6.61 Å². The molecule has 0 aliphatic carbocycles. The van der Waals surface area contributed by atoms with Gasteiger partial charge in [0.05, 0.1) is 0 Å². The van der Waals surface area contributed by atoms with Gasteiger partial charge in [-0.3, -0.25) is 0 Å². The first kappa shape index (κ1) is 13.7. The molecule has 0 bridgehead atoms. The van der Waals surface area contributed by atoms with Gasteiger partial charge in [0.1, 0.15) is 0 Å². The lowest BCUT2D eigenvalue weighted by molar-refractivity contribution is -0.165. The average Bonchev–Trinajstić information content (AvgIpc) is 2.29. The molecule has 0 amide bonds. The number of carboxylic acids is 1. The highest BCUT2D eigenvalue weighted by atomic mass is 16.5. The van der Waals surface area contributed by atoms with Crippen molar-refractivity contribution in [2.45, 2.75) is 39.7 Å². The number of rotatable bonds is 5. The molecule has 0 saturated carbocycles. The quantitative estimate of drug-likeness (QED) is 0.854. The number of carbonyl (C=O) groups is 1. The van der Waals surface area contributed by atoms with Gasteiger partial charge in [0.15, 0.2) is 5.60 Å². The van der Waals surface area contributed by atoms with E-state index in [1.54, 1.807) is 6.92 Å². The van der Waals surface area contributed by atoms with E-state index in [2.05, 4.69) is 0 Å². The number of benzene rings is 1. The summed E-state index contributed by atoms with van der Waals surface area (Å²) >= 11 is 0. The van der Waals surface area contributed by atoms with Crippen LogP contribution in [0.1, 0.15) is 37.0 Å². The highest BCUT2D eigenvalue weighted by Gasteiger charge is 2.36. The molecule has 1 unspecified atom stereocenters. The molecule has 0 spiro atoms. The first-order chi connectivity index (χ1) is 7.91. The number of hydrogen-bond acceptors (Lipinski definition) is 2. The van der Waals surface area contributed by atoms with Gasteiger partial charge in [-0.25, -0.2) is 4.79 Å². The monoisotopic (exact) mass is 236 g/mol. The predicted octanol–water partition coefficient (Wildman–Crippen LogP) is 3.03. The topological polar surface area (TPSA) is 46.5 Å². The van der Waals surface area contributed by atoms with Gasteiger partial charge in [-0.2, -0.15) is 0 Å². The minimum Gasteiger partial charge on any atom is -0.479 e. The van der Waals surface area contributed by atoms with Crippen LogP contribution in [0.5, 0.6) is 0 Å². The van der Waals surface area contributed by atoms with Crippen molar-refractivity contribution in [3.05, 3.63) is 34.9 Å². The van der Waals surface area contributed by atoms with E-state index >= 15 is 0 Å². The first-order valence-electron chi connectivity index (χ1n) is 5.87. The van der Waals surface area contributed by atoms with Crippen LogP contribution in [-0.4, -0.2) is 17.7 Å². The van der Waals surface area contributed by atoms with Gasteiger partial charge in [0.25, 0.3) is 0 Å². The molecule has 3 nitrogen and oxygen atoms in total. The van der Waals surface area contributed by atoms with E-state index in [0.717, 1.165) is 17.5 Å². The molecule has 1 N–H and O–H groups in total. The van der Waals surface area contributed by atoms with Gasteiger partial charge in [0.2, 0.25) is 0 Å². The third-order valence-electron chi connectivity index (χ3n) is 3.06. The van der Waals surface area contributed by atoms with E-state index in [0.29, 0.717) is 12.2 Å². The Kier molecular flexibility index (Phi) is 4.29. The standard InChI is InChI=1S/C14H20O3/c1-5-8-17-14(4,13(15)16)12-7-6-10(2)11(3)9-12/h6-7,9H,5,8H2,1-4H3,(H,15,16). The third kappa shape index (κ3) is 2.86. The molecule has 0 aromatic heterocycles. The SMILES string of the molecule is CCCOC(C)(C(=O)O)c1ccc(C)c(C)c1. The fourth-order valence-corrected chi connectivity index (χ4v) is 1.61. The molecule has 94 valence electrons. The zero-order valence-electron chi connectivity index (χ0n) is 10.9. The van der Waals surface area contributed by atoms with E-state index in [4.69, 9.17) is 4.74 Å². The van der Waals surface area contributed by atoms with E-state index in [-0.39, 0.29) is 0 Å². The van der Waals surface area contributed by atoms with Crippen molar-refractivity contribution in [1.82, 2.24) is 0 Å². The molecule has 17 heavy (non-hydrogen) atoms. The lowest BCUT2D eigenvalue weighted by atomic mass is 9.93. The molecular weight excluding hydrogens is 216 g/mol. The molecule has 3 heteroatoms. The van der Waals surface area contributed by atoms with Crippen LogP contribution < -0.4 is 0 Å². The van der Waals surface area contributed by atoms with E-state index in [9.17, 15) is 9.90 Å². The highest BCUT2D eigenvalue weighted by Crippen LogP contribution is 2.27. The molecule has 1 atom stereocenters. The summed E-state index contributed by atoms with van der Waals surface area (Å²) < 4.78 is 5.52. The van der Waals surface area contributed by atoms with Gasteiger partial charge < -0.3 is 9.84 Å². The lowest BCUT2D eigenvalue weighted by Crippen LogP contribution is -2.36. The van der Waals surface area contributed by atoms with Crippen LogP contribution in [0, 0.1) is 13.8 Å². The molecule has 1 rings (SSSR count). The molecule has 0 heterocycles. The smallest absolute Gasteiger partial charge is 0.340 e. The van der Waals surface area contributed by atoms with Crippen LogP contribution in [0.15, 0.2) is 18.2 Å². The Labute approximate surface area is 102 Å². The largest absolute Gasteiger partial charge is 0.479 e. The lowest BCUT2D eigenvalue weighted by Gasteiger charge is -2.26. The van der Waals surface area contributed by atoms with Crippen LogP contribution in [-0.2, 0) is 15.1 Å². The Hall–Kier alpha value is -1.35. The Bertz CT molecular complexity index is 412. The fraction of sp³-hybridized carbons (Fsp3) is 0.500. The Morgan fingerprint density at radius 2 is 2.00 bits per heavy atom. The summed E-state index contributed by atoms with van der Waals surface area (Å²) in [5, 5.41) is 9.35. The van der Waals surface area contributed by atoms with E-state index in [1.807, 2.05) is 39.0 Å². The number of ether oxygens (including phenoxy) is 1. The second-order valence-electron chi connectivity index (χ2n) is 4.49. The zero-order chi connectivity index (χ0) is 13.1. The van der Waals surface area contributed by atoms with Gasteiger partial charge in [-0.1, -0.05) is 25.1 Å². The van der Waals surface area contributed by atoms with Crippen molar-refractivity contribution >= 4 is 5.97 Å². The maximum absolute atomic E-state index is 11.4. The molecule has 0 fully saturated rings. The van der Waals surface area contributed by atoms with E-state index < -0.39 is 11.6 Å². The average molecular weight is 236 g/mol. The van der Waals surface area contributed by atoms with E-state index in [1.165, 1.54) is 0 Å². The van der Waals surface area contributed by atoms with Crippen molar-refractivity contribution < 1.29 is 14.6 Å². The summed E-state index contributed by atoms with van der Waals surface area (Å²) in [7, 11) is 0. The molecule has 1 aromatic carbocycles. The number of aryl methyl sites for hydroxylation is 2. The molecule has 0 aliphatic rings. The summed E-state index contributed by atoms with van der Waals surface area (Å²) in [4.78, 5) is 11.4. The maximum Gasteiger partial charge on any atom is 0.340 e. The van der Waals surface area contributed by atoms with Crippen LogP contribution in [0.4, 0.5) is 0 Å². The Balaban J connectivity index is 3.13. The zero-order valence-corrected chi connectivity index (χ0v) is 10.9. The predicted molar refractivity (Wildman–Crippen MR) is 67.1 cm³/mol. The first-order valence-corrected chi connectivity index (χ1v) is 5.87. The van der Waals surface area contributed by atoms with Crippen LogP contribution in [0.2, 0.25) is 0 Å². The van der Waals surface area contributed by atoms with Gasteiger partial charge >= 0.3 is 5.97 Å². The molecule has 0 aliphatic heterocycles. The fourth-order valence-electron chi connectivity index (χ4n) is 1.61. The summed E-state index contributed by atoms with van der Waals surface area (Å²) in [5.41, 5.74) is 1.67. The summed E-state index contributed by atoms with van der Waals surface area (Å²) in [6.07, 6.45) is 0.799. The number of carboxylic acid groups (broad SMARTS) is 1. The van der Waals surface area contributed by atoms with Crippen molar-refractivity contribution in [3.63, 3.8) is 0 Å². The van der Waals surface area contributed by atoms with Crippen LogP contribution >= 0.6 is 0 Å². The summed E-state index contributed by atoms with van der Waals surface area (Å²) in [6.45, 7) is 7.98. The molecule has 0 radical (unpaired) electrons. The van der Waals surface area contributed by atoms with Gasteiger partial charge in [-0.05, 0) is 43.9 Å². The molecule has 0 saturated heterocycles. The molecular formula is C14H20O3. The Morgan fingerprint density at radius 1 is 1.35 bits per heavy atom.